The van der Waals surface area contributed by atoms with E-state index in [4.69, 9.17) is 9.84 Å². The van der Waals surface area contributed by atoms with Gasteiger partial charge in [-0.15, -0.1) is 0 Å². The molecule has 1 aromatic rings. The number of para-hydroxylation sites is 2. The van der Waals surface area contributed by atoms with Gasteiger partial charge in [0.25, 0.3) is 0 Å². The molecule has 0 amide bonds. The van der Waals surface area contributed by atoms with Gasteiger partial charge in [0.15, 0.2) is 5.25 Å². The number of ether oxygens (including phenoxy) is 1. The molecule has 0 fully saturated rings. The molecule has 0 aromatic heterocycles. The fraction of sp³-hybridized carbons (Fsp3) is 0.300. The normalized spacial score (nSPS) is 12.8. The first-order valence-corrected chi connectivity index (χ1v) is 6.30. The predicted octanol–water partition coefficient (Wildman–Crippen LogP) is 0.910. The quantitative estimate of drug-likeness (QED) is 0.819. The summed E-state index contributed by atoms with van der Waals surface area (Å²) < 4.78 is 30.5. The lowest BCUT2D eigenvalue weighted by atomic mass is 10.3. The fourth-order valence-corrected chi connectivity index (χ4v) is 2.02. The Morgan fingerprint density at radius 2 is 2.00 bits per heavy atom. The molecule has 0 saturated carbocycles. The maximum Gasteiger partial charge on any atom is 0.323 e. The Balaban J connectivity index is 3.02. The molecular weight excluding hydrogens is 246 g/mol. The van der Waals surface area contributed by atoms with E-state index in [2.05, 4.69) is 4.72 Å². The summed E-state index contributed by atoms with van der Waals surface area (Å²) in [5.41, 5.74) is 0.211. The van der Waals surface area contributed by atoms with Crippen LogP contribution in [0.2, 0.25) is 0 Å². The minimum Gasteiger partial charge on any atom is -0.495 e. The highest BCUT2D eigenvalue weighted by molar-refractivity contribution is 7.94. The van der Waals surface area contributed by atoms with Crippen molar-refractivity contribution in [1.82, 2.24) is 0 Å². The van der Waals surface area contributed by atoms with Gasteiger partial charge in [0.2, 0.25) is 10.0 Å². The second kappa shape index (κ2) is 5.05. The molecule has 17 heavy (non-hydrogen) atoms. The van der Waals surface area contributed by atoms with Gasteiger partial charge in [-0.3, -0.25) is 9.52 Å². The van der Waals surface area contributed by atoms with Gasteiger partial charge < -0.3 is 9.84 Å². The van der Waals surface area contributed by atoms with Gasteiger partial charge in [-0.2, -0.15) is 0 Å². The number of nitrogens with one attached hydrogen (secondary N) is 1. The molecule has 0 aliphatic rings. The molecular formula is C10H13NO5S. The Bertz CT molecular complexity index is 511. The zero-order valence-corrected chi connectivity index (χ0v) is 10.2. The lowest BCUT2D eigenvalue weighted by molar-refractivity contribution is -0.136. The van der Waals surface area contributed by atoms with Crippen LogP contribution in [-0.4, -0.2) is 31.9 Å². The minimum absolute atomic E-state index is 0.211. The molecule has 0 heterocycles. The van der Waals surface area contributed by atoms with Crippen LogP contribution in [0.15, 0.2) is 24.3 Å². The number of sulfonamides is 1. The molecule has 0 aliphatic carbocycles. The molecule has 0 spiro atoms. The highest BCUT2D eigenvalue weighted by Crippen LogP contribution is 2.24. The van der Waals surface area contributed by atoms with Crippen LogP contribution in [0.4, 0.5) is 5.69 Å². The summed E-state index contributed by atoms with van der Waals surface area (Å²) in [4.78, 5) is 10.6. The number of hydrogen-bond donors (Lipinski definition) is 2. The summed E-state index contributed by atoms with van der Waals surface area (Å²) in [5.74, 6) is -1.08. The van der Waals surface area contributed by atoms with Crippen molar-refractivity contribution in [1.29, 1.82) is 0 Å². The minimum atomic E-state index is -3.97. The van der Waals surface area contributed by atoms with Crippen LogP contribution in [0.5, 0.6) is 5.75 Å². The number of benzene rings is 1. The van der Waals surface area contributed by atoms with Crippen LogP contribution in [-0.2, 0) is 14.8 Å². The topological polar surface area (TPSA) is 92.7 Å². The van der Waals surface area contributed by atoms with Crippen molar-refractivity contribution in [3.8, 4) is 5.75 Å². The van der Waals surface area contributed by atoms with Crippen molar-refractivity contribution in [2.45, 2.75) is 12.2 Å². The summed E-state index contributed by atoms with van der Waals surface area (Å²) >= 11 is 0. The lowest BCUT2D eigenvalue weighted by Crippen LogP contribution is -2.32. The standard InChI is InChI=1S/C10H13NO5S/c1-7(10(12)13)17(14,15)11-8-5-3-4-6-9(8)16-2/h3-7,11H,1-2H3,(H,12,13). The predicted molar refractivity (Wildman–Crippen MR) is 62.6 cm³/mol. The van der Waals surface area contributed by atoms with E-state index in [0.29, 0.717) is 5.75 Å². The van der Waals surface area contributed by atoms with Gasteiger partial charge in [-0.05, 0) is 19.1 Å². The number of anilines is 1. The highest BCUT2D eigenvalue weighted by Gasteiger charge is 2.28. The number of aliphatic carboxylic acids is 1. The molecule has 94 valence electrons. The Morgan fingerprint density at radius 3 is 2.53 bits per heavy atom. The van der Waals surface area contributed by atoms with Gasteiger partial charge in [0.1, 0.15) is 5.75 Å². The van der Waals surface area contributed by atoms with E-state index >= 15 is 0 Å². The zero-order chi connectivity index (χ0) is 13.1. The molecule has 1 unspecified atom stereocenters. The van der Waals surface area contributed by atoms with E-state index in [1.165, 1.54) is 13.2 Å². The van der Waals surface area contributed by atoms with Gasteiger partial charge in [-0.1, -0.05) is 12.1 Å². The number of rotatable bonds is 5. The number of carbonyl (C=O) groups is 1. The average Bonchev–Trinajstić information content (AvgIpc) is 2.28. The molecule has 0 radical (unpaired) electrons. The molecule has 7 heteroatoms. The molecule has 6 nitrogen and oxygen atoms in total. The second-order valence-electron chi connectivity index (χ2n) is 3.33. The Labute approximate surface area is 99.3 Å². The van der Waals surface area contributed by atoms with Crippen LogP contribution in [0.3, 0.4) is 0 Å². The molecule has 1 aromatic carbocycles. The average molecular weight is 259 g/mol. The van der Waals surface area contributed by atoms with Crippen molar-refractivity contribution < 1.29 is 23.1 Å². The monoisotopic (exact) mass is 259 g/mol. The van der Waals surface area contributed by atoms with Crippen LogP contribution < -0.4 is 9.46 Å². The molecule has 1 atom stereocenters. The van der Waals surface area contributed by atoms with Crippen molar-refractivity contribution in [2.75, 3.05) is 11.8 Å². The van der Waals surface area contributed by atoms with Gasteiger partial charge in [0.05, 0.1) is 12.8 Å². The van der Waals surface area contributed by atoms with Crippen molar-refractivity contribution in [3.05, 3.63) is 24.3 Å². The number of carboxylic acids is 1. The maximum absolute atomic E-state index is 11.7. The first kappa shape index (κ1) is 13.3. The molecule has 2 N–H and O–H groups in total. The summed E-state index contributed by atoms with van der Waals surface area (Å²) in [6.07, 6.45) is 0. The molecule has 0 bridgehead atoms. The third-order valence-corrected chi connectivity index (χ3v) is 3.81. The number of hydrogen-bond acceptors (Lipinski definition) is 4. The summed E-state index contributed by atoms with van der Waals surface area (Å²) in [5, 5.41) is 7.14. The Kier molecular flexibility index (Phi) is 3.95. The van der Waals surface area contributed by atoms with Crippen LogP contribution in [0.25, 0.3) is 0 Å². The largest absolute Gasteiger partial charge is 0.495 e. The molecule has 0 saturated heterocycles. The highest BCUT2D eigenvalue weighted by atomic mass is 32.2. The Hall–Kier alpha value is -1.76. The SMILES string of the molecule is COc1ccccc1NS(=O)(=O)C(C)C(=O)O. The first-order valence-electron chi connectivity index (χ1n) is 4.76. The summed E-state index contributed by atoms with van der Waals surface area (Å²) in [6.45, 7) is 1.10. The van der Waals surface area contributed by atoms with Gasteiger partial charge >= 0.3 is 5.97 Å². The van der Waals surface area contributed by atoms with Gasteiger partial charge in [-0.25, -0.2) is 8.42 Å². The van der Waals surface area contributed by atoms with Crippen molar-refractivity contribution in [2.24, 2.45) is 0 Å². The lowest BCUT2D eigenvalue weighted by Gasteiger charge is -2.13. The van der Waals surface area contributed by atoms with Crippen molar-refractivity contribution in [3.63, 3.8) is 0 Å². The van der Waals surface area contributed by atoms with Crippen LogP contribution in [0, 0.1) is 0 Å². The van der Waals surface area contributed by atoms with Gasteiger partial charge in [0, 0.05) is 0 Å². The third kappa shape index (κ3) is 3.10. The van der Waals surface area contributed by atoms with E-state index in [1.54, 1.807) is 18.2 Å². The van der Waals surface area contributed by atoms with E-state index in [-0.39, 0.29) is 5.69 Å². The van der Waals surface area contributed by atoms with Crippen molar-refractivity contribution >= 4 is 21.7 Å². The summed E-state index contributed by atoms with van der Waals surface area (Å²) in [6, 6.07) is 6.36. The third-order valence-electron chi connectivity index (χ3n) is 2.17. The molecule has 1 rings (SSSR count). The van der Waals surface area contributed by atoms with E-state index in [0.717, 1.165) is 6.92 Å². The molecule has 0 aliphatic heterocycles. The maximum atomic E-state index is 11.7. The summed E-state index contributed by atoms with van der Waals surface area (Å²) in [7, 11) is -2.58. The van der Waals surface area contributed by atoms with E-state index < -0.39 is 21.2 Å². The number of carboxylic acid groups (broad SMARTS) is 1. The smallest absolute Gasteiger partial charge is 0.323 e. The van der Waals surface area contributed by atoms with Crippen LogP contribution >= 0.6 is 0 Å². The first-order chi connectivity index (χ1) is 7.88. The van der Waals surface area contributed by atoms with Crippen LogP contribution in [0.1, 0.15) is 6.92 Å². The Morgan fingerprint density at radius 1 is 1.41 bits per heavy atom. The fourth-order valence-electron chi connectivity index (χ4n) is 1.10. The van der Waals surface area contributed by atoms with E-state index in [1.807, 2.05) is 0 Å². The van der Waals surface area contributed by atoms with E-state index in [9.17, 15) is 13.2 Å². The second-order valence-corrected chi connectivity index (χ2v) is 5.33. The zero-order valence-electron chi connectivity index (χ0n) is 9.38. The number of methoxy groups -OCH3 is 1.